The summed E-state index contributed by atoms with van der Waals surface area (Å²) in [5.41, 5.74) is 2.94. The molecule has 26 heavy (non-hydrogen) atoms. The van der Waals surface area contributed by atoms with E-state index in [1.807, 2.05) is 41.7 Å². The number of carbonyl (C=O) groups excluding carboxylic acids is 1. The van der Waals surface area contributed by atoms with E-state index in [1.165, 1.54) is 0 Å². The van der Waals surface area contributed by atoms with Gasteiger partial charge in [-0.2, -0.15) is 0 Å². The fraction of sp³-hybridized carbons (Fsp3) is 0.0952. The molecule has 0 fully saturated rings. The van der Waals surface area contributed by atoms with Gasteiger partial charge in [0, 0.05) is 16.8 Å². The number of nitrogens with two attached hydrogens (primary N) is 1. The summed E-state index contributed by atoms with van der Waals surface area (Å²) >= 11 is 11.9. The molecule has 0 aliphatic heterocycles. The number of amides is 1. The summed E-state index contributed by atoms with van der Waals surface area (Å²) in [5.74, 6) is -0.0970. The molecule has 0 heterocycles. The summed E-state index contributed by atoms with van der Waals surface area (Å²) in [5, 5.41) is 5.76. The fourth-order valence-electron chi connectivity index (χ4n) is 2.80. The van der Waals surface area contributed by atoms with E-state index >= 15 is 0 Å². The molecule has 0 saturated carbocycles. The smallest absolute Gasteiger partial charge is 0.279 e. The zero-order valence-electron chi connectivity index (χ0n) is 14.0. The molecule has 0 atom stereocenters. The van der Waals surface area contributed by atoms with E-state index in [4.69, 9.17) is 23.2 Å². The van der Waals surface area contributed by atoms with Gasteiger partial charge in [-0.05, 0) is 18.2 Å². The Morgan fingerprint density at radius 1 is 0.846 bits per heavy atom. The van der Waals surface area contributed by atoms with Crippen molar-refractivity contribution in [1.82, 2.24) is 0 Å². The maximum absolute atomic E-state index is 12.4. The number of benzene rings is 3. The Hall–Kier alpha value is -2.33. The molecule has 3 aromatic carbocycles. The van der Waals surface area contributed by atoms with Gasteiger partial charge in [0.2, 0.25) is 0 Å². The first-order chi connectivity index (χ1) is 12.6. The van der Waals surface area contributed by atoms with E-state index in [-0.39, 0.29) is 18.5 Å². The van der Waals surface area contributed by atoms with E-state index in [9.17, 15) is 4.79 Å². The highest BCUT2D eigenvalue weighted by Gasteiger charge is 2.18. The third-order valence-corrected chi connectivity index (χ3v) is 4.80. The number of halogens is 2. The summed E-state index contributed by atoms with van der Waals surface area (Å²) in [4.78, 5) is 12.4. The lowest BCUT2D eigenvalue weighted by molar-refractivity contribution is -0.676. The first-order valence-electron chi connectivity index (χ1n) is 8.31. The summed E-state index contributed by atoms with van der Waals surface area (Å²) in [6, 6.07) is 25.4. The van der Waals surface area contributed by atoms with Crippen LogP contribution in [0, 0.1) is 0 Å². The molecule has 0 saturated heterocycles. The number of rotatable bonds is 6. The van der Waals surface area contributed by atoms with Gasteiger partial charge < -0.3 is 10.6 Å². The van der Waals surface area contributed by atoms with Crippen molar-refractivity contribution in [2.45, 2.75) is 6.04 Å². The third-order valence-electron chi connectivity index (χ3n) is 4.06. The summed E-state index contributed by atoms with van der Waals surface area (Å²) < 4.78 is 0. The Bertz CT molecular complexity index is 830. The van der Waals surface area contributed by atoms with Gasteiger partial charge in [0.05, 0.1) is 10.0 Å². The molecular formula is C21H19Cl2N2O+. The highest BCUT2D eigenvalue weighted by Crippen LogP contribution is 2.25. The van der Waals surface area contributed by atoms with Gasteiger partial charge in [0.15, 0.2) is 6.54 Å². The number of hydrogen-bond acceptors (Lipinski definition) is 1. The lowest BCUT2D eigenvalue weighted by atomic mass is 9.99. The van der Waals surface area contributed by atoms with Crippen molar-refractivity contribution in [3.8, 4) is 0 Å². The lowest BCUT2D eigenvalue weighted by Gasteiger charge is -2.16. The first kappa shape index (κ1) is 18.5. The molecular weight excluding hydrogens is 367 g/mol. The predicted molar refractivity (Wildman–Crippen MR) is 107 cm³/mol. The summed E-state index contributed by atoms with van der Waals surface area (Å²) in [6.07, 6.45) is 0. The Morgan fingerprint density at radius 3 is 1.96 bits per heavy atom. The molecule has 3 aromatic rings. The van der Waals surface area contributed by atoms with E-state index in [0.29, 0.717) is 15.7 Å². The van der Waals surface area contributed by atoms with Gasteiger partial charge in [0.25, 0.3) is 5.91 Å². The molecule has 132 valence electrons. The predicted octanol–water partition coefficient (Wildman–Crippen LogP) is 4.28. The van der Waals surface area contributed by atoms with Crippen LogP contribution in [0.15, 0.2) is 78.9 Å². The van der Waals surface area contributed by atoms with Crippen LogP contribution in [-0.2, 0) is 4.79 Å². The molecule has 3 N–H and O–H groups in total. The second-order valence-corrected chi connectivity index (χ2v) is 6.73. The molecule has 5 heteroatoms. The average Bonchev–Trinajstić information content (AvgIpc) is 2.67. The number of quaternary nitrogens is 1. The molecule has 3 rings (SSSR count). The van der Waals surface area contributed by atoms with Crippen molar-refractivity contribution in [3.05, 3.63) is 100 Å². The highest BCUT2D eigenvalue weighted by molar-refractivity contribution is 6.42. The second-order valence-electron chi connectivity index (χ2n) is 5.92. The second kappa shape index (κ2) is 8.86. The molecule has 0 aliphatic rings. The Morgan fingerprint density at radius 2 is 1.42 bits per heavy atom. The standard InChI is InChI=1S/C21H18Cl2N2O/c22-18-12-11-17(13-19(18)23)25-20(26)14-24-21(15-7-3-1-4-8-15)16-9-5-2-6-10-16/h1-13,21,24H,14H2,(H,25,26)/p+1. The minimum Gasteiger partial charge on any atom is -0.328 e. The summed E-state index contributed by atoms with van der Waals surface area (Å²) in [7, 11) is 0. The minimum absolute atomic E-state index is 0.0527. The van der Waals surface area contributed by atoms with Crippen molar-refractivity contribution in [1.29, 1.82) is 0 Å². The quantitative estimate of drug-likeness (QED) is 0.653. The van der Waals surface area contributed by atoms with Crippen molar-refractivity contribution >= 4 is 34.8 Å². The molecule has 0 radical (unpaired) electrons. The largest absolute Gasteiger partial charge is 0.328 e. The topological polar surface area (TPSA) is 45.7 Å². The highest BCUT2D eigenvalue weighted by atomic mass is 35.5. The maximum atomic E-state index is 12.4. The van der Waals surface area contributed by atoms with Crippen LogP contribution in [0.2, 0.25) is 10.0 Å². The van der Waals surface area contributed by atoms with Gasteiger partial charge in [-0.1, -0.05) is 83.9 Å². The van der Waals surface area contributed by atoms with E-state index < -0.39 is 0 Å². The molecule has 1 amide bonds. The van der Waals surface area contributed by atoms with Gasteiger partial charge in [-0.3, -0.25) is 4.79 Å². The third kappa shape index (κ3) is 4.85. The van der Waals surface area contributed by atoms with E-state index in [0.717, 1.165) is 11.1 Å². The van der Waals surface area contributed by atoms with Crippen LogP contribution in [0.1, 0.15) is 17.2 Å². The van der Waals surface area contributed by atoms with Crippen LogP contribution < -0.4 is 10.6 Å². The molecule has 0 aliphatic carbocycles. The summed E-state index contributed by atoms with van der Waals surface area (Å²) in [6.45, 7) is 0.286. The normalized spacial score (nSPS) is 10.7. The number of nitrogens with one attached hydrogen (secondary N) is 1. The minimum atomic E-state index is -0.0970. The maximum Gasteiger partial charge on any atom is 0.279 e. The number of carbonyl (C=O) groups is 1. The average molecular weight is 386 g/mol. The zero-order chi connectivity index (χ0) is 18.4. The lowest BCUT2D eigenvalue weighted by Crippen LogP contribution is -2.87. The first-order valence-corrected chi connectivity index (χ1v) is 9.07. The van der Waals surface area contributed by atoms with E-state index in [1.54, 1.807) is 18.2 Å². The Kier molecular flexibility index (Phi) is 6.29. The van der Waals surface area contributed by atoms with Crippen LogP contribution >= 0.6 is 23.2 Å². The Balaban J connectivity index is 1.69. The molecule has 3 nitrogen and oxygen atoms in total. The van der Waals surface area contributed by atoms with Crippen LogP contribution in [0.25, 0.3) is 0 Å². The molecule has 0 bridgehead atoms. The van der Waals surface area contributed by atoms with Crippen LogP contribution in [-0.4, -0.2) is 12.5 Å². The van der Waals surface area contributed by atoms with Crippen molar-refractivity contribution in [2.24, 2.45) is 0 Å². The van der Waals surface area contributed by atoms with Crippen LogP contribution in [0.4, 0.5) is 5.69 Å². The van der Waals surface area contributed by atoms with E-state index in [2.05, 4.69) is 29.6 Å². The van der Waals surface area contributed by atoms with Crippen LogP contribution in [0.3, 0.4) is 0 Å². The monoisotopic (exact) mass is 385 g/mol. The van der Waals surface area contributed by atoms with Crippen molar-refractivity contribution in [3.63, 3.8) is 0 Å². The Labute approximate surface area is 163 Å². The fourth-order valence-corrected chi connectivity index (χ4v) is 3.09. The number of anilines is 1. The van der Waals surface area contributed by atoms with Crippen LogP contribution in [0.5, 0.6) is 0 Å². The van der Waals surface area contributed by atoms with Gasteiger partial charge in [-0.25, -0.2) is 0 Å². The molecule has 0 unspecified atom stereocenters. The van der Waals surface area contributed by atoms with Gasteiger partial charge >= 0.3 is 0 Å². The molecule has 0 aromatic heterocycles. The molecule has 0 spiro atoms. The van der Waals surface area contributed by atoms with Gasteiger partial charge in [0.1, 0.15) is 6.04 Å². The van der Waals surface area contributed by atoms with Gasteiger partial charge in [-0.15, -0.1) is 0 Å². The SMILES string of the molecule is O=C(C[NH2+]C(c1ccccc1)c1ccccc1)Nc1ccc(Cl)c(Cl)c1. The van der Waals surface area contributed by atoms with Crippen molar-refractivity contribution < 1.29 is 10.1 Å². The van der Waals surface area contributed by atoms with Crippen molar-refractivity contribution in [2.75, 3.05) is 11.9 Å². The number of hydrogen-bond donors (Lipinski definition) is 2. The zero-order valence-corrected chi connectivity index (χ0v) is 15.5.